The SMILES string of the molecule is Cn1nccc1C(Cc1ccccc1Cl)NN. The van der Waals surface area contributed by atoms with E-state index in [4.69, 9.17) is 17.4 Å². The minimum atomic E-state index is 0.00222. The van der Waals surface area contributed by atoms with Gasteiger partial charge in [0, 0.05) is 18.3 Å². The van der Waals surface area contributed by atoms with Gasteiger partial charge in [-0.25, -0.2) is 0 Å². The fraction of sp³-hybridized carbons (Fsp3) is 0.250. The van der Waals surface area contributed by atoms with Crippen LogP contribution in [0.15, 0.2) is 36.5 Å². The van der Waals surface area contributed by atoms with Crippen LogP contribution in [-0.2, 0) is 13.5 Å². The van der Waals surface area contributed by atoms with Gasteiger partial charge in [-0.1, -0.05) is 29.8 Å². The number of halogens is 1. The highest BCUT2D eigenvalue weighted by molar-refractivity contribution is 6.31. The summed E-state index contributed by atoms with van der Waals surface area (Å²) in [4.78, 5) is 0. The first kappa shape index (κ1) is 12.1. The van der Waals surface area contributed by atoms with Crippen molar-refractivity contribution in [2.45, 2.75) is 12.5 Å². The number of benzene rings is 1. The highest BCUT2D eigenvalue weighted by Gasteiger charge is 2.15. The van der Waals surface area contributed by atoms with E-state index in [0.29, 0.717) is 0 Å². The van der Waals surface area contributed by atoms with Crippen molar-refractivity contribution in [3.05, 3.63) is 52.8 Å². The normalized spacial score (nSPS) is 12.6. The molecule has 0 aliphatic rings. The molecule has 0 saturated carbocycles. The van der Waals surface area contributed by atoms with Gasteiger partial charge in [0.15, 0.2) is 0 Å². The zero-order valence-electron chi connectivity index (χ0n) is 9.60. The summed E-state index contributed by atoms with van der Waals surface area (Å²) in [6, 6.07) is 9.72. The number of aromatic nitrogens is 2. The molecule has 0 aliphatic carbocycles. The molecule has 0 amide bonds. The molecule has 1 atom stereocenters. The topological polar surface area (TPSA) is 55.9 Å². The molecular weight excluding hydrogens is 236 g/mol. The lowest BCUT2D eigenvalue weighted by Crippen LogP contribution is -2.31. The number of nitrogens with two attached hydrogens (primary N) is 1. The third-order valence-electron chi connectivity index (χ3n) is 2.80. The summed E-state index contributed by atoms with van der Waals surface area (Å²) >= 11 is 6.14. The van der Waals surface area contributed by atoms with Gasteiger partial charge in [0.05, 0.1) is 11.7 Å². The molecule has 90 valence electrons. The Kier molecular flexibility index (Phi) is 3.78. The standard InChI is InChI=1S/C12H15ClN4/c1-17-12(6-7-15-17)11(16-14)8-9-4-2-3-5-10(9)13/h2-7,11,16H,8,14H2,1H3. The maximum atomic E-state index is 6.14. The van der Waals surface area contributed by atoms with E-state index in [2.05, 4.69) is 10.5 Å². The third-order valence-corrected chi connectivity index (χ3v) is 3.17. The van der Waals surface area contributed by atoms with Gasteiger partial charge in [0.25, 0.3) is 0 Å². The minimum absolute atomic E-state index is 0.00222. The van der Waals surface area contributed by atoms with Crippen LogP contribution in [0.1, 0.15) is 17.3 Å². The Morgan fingerprint density at radius 2 is 2.18 bits per heavy atom. The first-order valence-electron chi connectivity index (χ1n) is 5.40. The molecule has 0 radical (unpaired) electrons. The molecule has 3 N–H and O–H groups in total. The van der Waals surface area contributed by atoms with Crippen molar-refractivity contribution in [3.63, 3.8) is 0 Å². The lowest BCUT2D eigenvalue weighted by Gasteiger charge is -2.16. The second-order valence-electron chi connectivity index (χ2n) is 3.89. The molecule has 4 nitrogen and oxygen atoms in total. The molecule has 0 aliphatic heterocycles. The Morgan fingerprint density at radius 3 is 2.76 bits per heavy atom. The summed E-state index contributed by atoms with van der Waals surface area (Å²) in [5.74, 6) is 5.60. The van der Waals surface area contributed by atoms with Crippen molar-refractivity contribution in [3.8, 4) is 0 Å². The van der Waals surface area contributed by atoms with Crippen LogP contribution in [0.25, 0.3) is 0 Å². The molecule has 0 spiro atoms. The average Bonchev–Trinajstić information content (AvgIpc) is 2.75. The van der Waals surface area contributed by atoms with Gasteiger partial charge in [0.1, 0.15) is 0 Å². The fourth-order valence-electron chi connectivity index (χ4n) is 1.86. The molecule has 0 saturated heterocycles. The Balaban J connectivity index is 2.22. The fourth-order valence-corrected chi connectivity index (χ4v) is 2.07. The molecule has 0 bridgehead atoms. The van der Waals surface area contributed by atoms with E-state index in [1.54, 1.807) is 10.9 Å². The third kappa shape index (κ3) is 2.66. The van der Waals surface area contributed by atoms with Crippen molar-refractivity contribution >= 4 is 11.6 Å². The zero-order valence-corrected chi connectivity index (χ0v) is 10.4. The van der Waals surface area contributed by atoms with Crippen LogP contribution < -0.4 is 11.3 Å². The van der Waals surface area contributed by atoms with Crippen LogP contribution in [-0.4, -0.2) is 9.78 Å². The summed E-state index contributed by atoms with van der Waals surface area (Å²) in [5, 5.41) is 4.90. The Labute approximate surface area is 105 Å². The Morgan fingerprint density at radius 1 is 1.41 bits per heavy atom. The van der Waals surface area contributed by atoms with Gasteiger partial charge in [-0.2, -0.15) is 5.10 Å². The van der Waals surface area contributed by atoms with Crippen molar-refractivity contribution in [1.29, 1.82) is 0 Å². The van der Waals surface area contributed by atoms with Gasteiger partial charge in [0.2, 0.25) is 0 Å². The molecule has 2 rings (SSSR count). The quantitative estimate of drug-likeness (QED) is 0.643. The van der Waals surface area contributed by atoms with E-state index >= 15 is 0 Å². The molecule has 1 aromatic heterocycles. The maximum Gasteiger partial charge on any atom is 0.0669 e. The van der Waals surface area contributed by atoms with Crippen LogP contribution in [0, 0.1) is 0 Å². The van der Waals surface area contributed by atoms with Crippen LogP contribution in [0.5, 0.6) is 0 Å². The van der Waals surface area contributed by atoms with Crippen molar-refractivity contribution in [2.75, 3.05) is 0 Å². The monoisotopic (exact) mass is 250 g/mol. The average molecular weight is 251 g/mol. The summed E-state index contributed by atoms with van der Waals surface area (Å²) in [7, 11) is 1.90. The largest absolute Gasteiger partial charge is 0.271 e. The van der Waals surface area contributed by atoms with E-state index in [1.165, 1.54) is 0 Å². The maximum absolute atomic E-state index is 6.14. The summed E-state index contributed by atoms with van der Waals surface area (Å²) in [5.41, 5.74) is 4.90. The summed E-state index contributed by atoms with van der Waals surface area (Å²) in [6.07, 6.45) is 2.49. The van der Waals surface area contributed by atoms with Crippen LogP contribution in [0.3, 0.4) is 0 Å². The lowest BCUT2D eigenvalue weighted by atomic mass is 10.0. The number of hydrazine groups is 1. The van der Waals surface area contributed by atoms with Crippen molar-refractivity contribution in [1.82, 2.24) is 15.2 Å². The molecule has 1 heterocycles. The summed E-state index contributed by atoms with van der Waals surface area (Å²) in [6.45, 7) is 0. The minimum Gasteiger partial charge on any atom is -0.271 e. The number of rotatable bonds is 4. The van der Waals surface area contributed by atoms with Gasteiger partial charge < -0.3 is 0 Å². The van der Waals surface area contributed by atoms with Crippen LogP contribution >= 0.6 is 11.6 Å². The second kappa shape index (κ2) is 5.31. The molecule has 1 unspecified atom stereocenters. The highest BCUT2D eigenvalue weighted by Crippen LogP contribution is 2.22. The number of hydrogen-bond acceptors (Lipinski definition) is 3. The van der Waals surface area contributed by atoms with Gasteiger partial charge in [-0.05, 0) is 24.1 Å². The molecule has 17 heavy (non-hydrogen) atoms. The lowest BCUT2D eigenvalue weighted by molar-refractivity contribution is 0.508. The molecule has 5 heteroatoms. The number of aryl methyl sites for hydroxylation is 1. The Bertz CT molecular complexity index is 495. The molecule has 2 aromatic rings. The first-order valence-corrected chi connectivity index (χ1v) is 5.77. The van der Waals surface area contributed by atoms with E-state index in [1.807, 2.05) is 37.4 Å². The van der Waals surface area contributed by atoms with Crippen LogP contribution in [0.2, 0.25) is 5.02 Å². The van der Waals surface area contributed by atoms with Crippen molar-refractivity contribution in [2.24, 2.45) is 12.9 Å². The number of nitrogens with zero attached hydrogens (tertiary/aromatic N) is 2. The van der Waals surface area contributed by atoms with Gasteiger partial charge >= 0.3 is 0 Å². The number of hydrogen-bond donors (Lipinski definition) is 2. The highest BCUT2D eigenvalue weighted by atomic mass is 35.5. The predicted molar refractivity (Wildman–Crippen MR) is 68.4 cm³/mol. The van der Waals surface area contributed by atoms with E-state index in [-0.39, 0.29) is 6.04 Å². The van der Waals surface area contributed by atoms with E-state index < -0.39 is 0 Å². The Hall–Kier alpha value is -1.36. The van der Waals surface area contributed by atoms with Crippen molar-refractivity contribution < 1.29 is 0 Å². The smallest absolute Gasteiger partial charge is 0.0669 e. The number of nitrogens with one attached hydrogen (secondary N) is 1. The molecule has 1 aromatic carbocycles. The predicted octanol–water partition coefficient (Wildman–Crippen LogP) is 1.82. The van der Waals surface area contributed by atoms with Gasteiger partial charge in [-0.3, -0.25) is 16.0 Å². The molecular formula is C12H15ClN4. The first-order chi connectivity index (χ1) is 8.22. The second-order valence-corrected chi connectivity index (χ2v) is 4.30. The molecule has 0 fully saturated rings. The van der Waals surface area contributed by atoms with E-state index in [9.17, 15) is 0 Å². The van der Waals surface area contributed by atoms with E-state index in [0.717, 1.165) is 22.7 Å². The summed E-state index contributed by atoms with van der Waals surface area (Å²) < 4.78 is 1.81. The van der Waals surface area contributed by atoms with Gasteiger partial charge in [-0.15, -0.1) is 0 Å². The zero-order chi connectivity index (χ0) is 12.3. The van der Waals surface area contributed by atoms with Crippen LogP contribution in [0.4, 0.5) is 0 Å².